The van der Waals surface area contributed by atoms with Crippen LogP contribution < -0.4 is 4.74 Å². The molecule has 0 amide bonds. The lowest BCUT2D eigenvalue weighted by molar-refractivity contribution is -0.385. The predicted octanol–water partition coefficient (Wildman–Crippen LogP) is 1.50. The highest BCUT2D eigenvalue weighted by Gasteiger charge is 2.23. The van der Waals surface area contributed by atoms with Crippen LogP contribution in [0.2, 0.25) is 0 Å². The Labute approximate surface area is 121 Å². The second kappa shape index (κ2) is 7.02. The number of benzene rings is 1. The summed E-state index contributed by atoms with van der Waals surface area (Å²) in [5, 5.41) is 19.9. The van der Waals surface area contributed by atoms with Crippen LogP contribution in [0.4, 0.5) is 5.69 Å². The van der Waals surface area contributed by atoms with Gasteiger partial charge in [-0.15, -0.1) is 0 Å². The molecule has 0 saturated heterocycles. The highest BCUT2D eigenvalue weighted by atomic mass is 32.2. The van der Waals surface area contributed by atoms with Gasteiger partial charge in [-0.1, -0.05) is 13.0 Å². The van der Waals surface area contributed by atoms with Crippen molar-refractivity contribution >= 4 is 21.5 Å². The van der Waals surface area contributed by atoms with Gasteiger partial charge in [0.05, 0.1) is 17.3 Å². The fourth-order valence-corrected chi connectivity index (χ4v) is 2.43. The summed E-state index contributed by atoms with van der Waals surface area (Å²) in [5.74, 6) is -1.83. The van der Waals surface area contributed by atoms with Gasteiger partial charge in [0.15, 0.2) is 0 Å². The Morgan fingerprint density at radius 3 is 2.62 bits per heavy atom. The Kier molecular flexibility index (Phi) is 5.65. The summed E-state index contributed by atoms with van der Waals surface area (Å²) in [6.07, 6.45) is 0.126. The molecule has 0 unspecified atom stereocenters. The van der Waals surface area contributed by atoms with Gasteiger partial charge in [-0.05, 0) is 12.5 Å². The van der Waals surface area contributed by atoms with Gasteiger partial charge in [-0.2, -0.15) is 0 Å². The first-order valence-electron chi connectivity index (χ1n) is 6.12. The number of hydrogen-bond donors (Lipinski definition) is 1. The minimum atomic E-state index is -3.16. The Balaban J connectivity index is 2.86. The molecule has 1 rings (SSSR count). The standard InChI is InChI=1S/C12H15NO7S/c1-2-21(18,19)8-4-7-20-11-9(12(14)15)5-3-6-10(11)13(16)17/h3,5-6H,2,4,7-8H2,1H3,(H,14,15). The molecule has 0 fully saturated rings. The fraction of sp³-hybridized carbons (Fsp3) is 0.417. The Bertz CT molecular complexity index is 607. The van der Waals surface area contributed by atoms with Crippen molar-refractivity contribution in [3.05, 3.63) is 33.9 Å². The number of nitrogens with zero attached hydrogens (tertiary/aromatic N) is 1. The minimum absolute atomic E-state index is 0.00113. The van der Waals surface area contributed by atoms with Crippen LogP contribution in [-0.4, -0.2) is 42.5 Å². The topological polar surface area (TPSA) is 124 Å². The largest absolute Gasteiger partial charge is 0.486 e. The molecule has 0 saturated carbocycles. The number of para-hydroxylation sites is 1. The Morgan fingerprint density at radius 1 is 1.43 bits per heavy atom. The number of carboxylic acids is 1. The van der Waals surface area contributed by atoms with Gasteiger partial charge in [0.25, 0.3) is 0 Å². The van der Waals surface area contributed by atoms with Gasteiger partial charge in [-0.3, -0.25) is 10.1 Å². The van der Waals surface area contributed by atoms with Crippen molar-refractivity contribution in [1.82, 2.24) is 0 Å². The van der Waals surface area contributed by atoms with Crippen molar-refractivity contribution in [2.75, 3.05) is 18.1 Å². The molecular formula is C12H15NO7S. The summed E-state index contributed by atoms with van der Waals surface area (Å²) in [7, 11) is -3.16. The summed E-state index contributed by atoms with van der Waals surface area (Å²) < 4.78 is 27.7. The first kappa shape index (κ1) is 16.9. The van der Waals surface area contributed by atoms with Gasteiger partial charge in [-0.25, -0.2) is 13.2 Å². The van der Waals surface area contributed by atoms with Crippen molar-refractivity contribution < 1.29 is 28.0 Å². The van der Waals surface area contributed by atoms with Crippen LogP contribution in [0.25, 0.3) is 0 Å². The number of carbonyl (C=O) groups is 1. The first-order valence-corrected chi connectivity index (χ1v) is 7.94. The molecule has 1 aromatic rings. The number of carboxylic acid groups (broad SMARTS) is 1. The molecule has 1 aromatic carbocycles. The Hall–Kier alpha value is -2.16. The van der Waals surface area contributed by atoms with E-state index in [2.05, 4.69) is 0 Å². The Morgan fingerprint density at radius 2 is 2.10 bits per heavy atom. The zero-order valence-corrected chi connectivity index (χ0v) is 12.1. The van der Waals surface area contributed by atoms with E-state index in [4.69, 9.17) is 9.84 Å². The SMILES string of the molecule is CCS(=O)(=O)CCCOc1c(C(=O)O)cccc1[N+](=O)[O-]. The molecule has 0 aromatic heterocycles. The number of aromatic carboxylic acids is 1. The van der Waals surface area contributed by atoms with E-state index in [1.54, 1.807) is 0 Å². The molecule has 1 N–H and O–H groups in total. The maximum absolute atomic E-state index is 11.3. The van der Waals surface area contributed by atoms with Crippen LogP contribution in [0.5, 0.6) is 5.75 Å². The van der Waals surface area contributed by atoms with E-state index in [-0.39, 0.29) is 35.8 Å². The van der Waals surface area contributed by atoms with E-state index in [0.29, 0.717) is 0 Å². The van der Waals surface area contributed by atoms with Gasteiger partial charge < -0.3 is 9.84 Å². The molecule has 0 aliphatic heterocycles. The molecule has 0 aliphatic carbocycles. The molecular weight excluding hydrogens is 302 g/mol. The van der Waals surface area contributed by atoms with E-state index in [1.165, 1.54) is 19.1 Å². The molecule has 0 aliphatic rings. The van der Waals surface area contributed by atoms with Crippen molar-refractivity contribution in [1.29, 1.82) is 0 Å². The van der Waals surface area contributed by atoms with Crippen LogP contribution in [-0.2, 0) is 9.84 Å². The number of ether oxygens (including phenoxy) is 1. The van der Waals surface area contributed by atoms with E-state index in [0.717, 1.165) is 6.07 Å². The first-order chi connectivity index (χ1) is 9.78. The van der Waals surface area contributed by atoms with Gasteiger partial charge in [0.1, 0.15) is 15.4 Å². The number of rotatable bonds is 8. The number of hydrogen-bond acceptors (Lipinski definition) is 6. The van der Waals surface area contributed by atoms with E-state index in [9.17, 15) is 23.3 Å². The molecule has 9 heteroatoms. The minimum Gasteiger partial charge on any atom is -0.486 e. The summed E-state index contributed by atoms with van der Waals surface area (Å²) >= 11 is 0. The molecule has 0 radical (unpaired) electrons. The second-order valence-corrected chi connectivity index (χ2v) is 6.63. The van der Waals surface area contributed by atoms with Crippen molar-refractivity contribution in [3.63, 3.8) is 0 Å². The highest BCUT2D eigenvalue weighted by molar-refractivity contribution is 7.91. The van der Waals surface area contributed by atoms with E-state index >= 15 is 0 Å². The van der Waals surface area contributed by atoms with Crippen LogP contribution in [0.15, 0.2) is 18.2 Å². The maximum atomic E-state index is 11.3. The van der Waals surface area contributed by atoms with Gasteiger partial charge in [0.2, 0.25) is 5.75 Å². The van der Waals surface area contributed by atoms with Crippen molar-refractivity contribution in [2.45, 2.75) is 13.3 Å². The third-order valence-corrected chi connectivity index (χ3v) is 4.50. The zero-order chi connectivity index (χ0) is 16.0. The second-order valence-electron chi connectivity index (χ2n) is 4.15. The van der Waals surface area contributed by atoms with Gasteiger partial charge >= 0.3 is 11.7 Å². The molecule has 0 heterocycles. The third-order valence-electron chi connectivity index (χ3n) is 2.71. The van der Waals surface area contributed by atoms with Crippen molar-refractivity contribution in [3.8, 4) is 5.75 Å². The molecule has 116 valence electrons. The van der Waals surface area contributed by atoms with E-state index < -0.39 is 26.4 Å². The quantitative estimate of drug-likeness (QED) is 0.437. The van der Waals surface area contributed by atoms with Crippen LogP contribution >= 0.6 is 0 Å². The number of nitro benzene ring substituents is 1. The average molecular weight is 317 g/mol. The average Bonchev–Trinajstić information content (AvgIpc) is 2.43. The van der Waals surface area contributed by atoms with Crippen LogP contribution in [0.3, 0.4) is 0 Å². The van der Waals surface area contributed by atoms with E-state index in [1.807, 2.05) is 0 Å². The molecule has 0 bridgehead atoms. The smallest absolute Gasteiger partial charge is 0.339 e. The van der Waals surface area contributed by atoms with Crippen LogP contribution in [0.1, 0.15) is 23.7 Å². The lowest BCUT2D eigenvalue weighted by atomic mass is 10.1. The number of nitro groups is 1. The highest BCUT2D eigenvalue weighted by Crippen LogP contribution is 2.31. The number of sulfone groups is 1. The molecule has 8 nitrogen and oxygen atoms in total. The monoisotopic (exact) mass is 317 g/mol. The third kappa shape index (κ3) is 4.71. The molecule has 0 atom stereocenters. The lowest BCUT2D eigenvalue weighted by Crippen LogP contribution is -2.13. The zero-order valence-electron chi connectivity index (χ0n) is 11.3. The van der Waals surface area contributed by atoms with Crippen molar-refractivity contribution in [2.24, 2.45) is 0 Å². The summed E-state index contributed by atoms with van der Waals surface area (Å²) in [6.45, 7) is 1.39. The van der Waals surface area contributed by atoms with Gasteiger partial charge in [0, 0.05) is 11.8 Å². The molecule has 0 spiro atoms. The predicted molar refractivity (Wildman–Crippen MR) is 74.5 cm³/mol. The maximum Gasteiger partial charge on any atom is 0.339 e. The summed E-state index contributed by atoms with van der Waals surface area (Å²) in [6, 6.07) is 3.56. The lowest BCUT2D eigenvalue weighted by Gasteiger charge is -2.09. The molecule has 21 heavy (non-hydrogen) atoms. The summed E-state index contributed by atoms with van der Waals surface area (Å²) in [5.41, 5.74) is -0.796. The fourth-order valence-electron chi connectivity index (χ4n) is 1.59. The normalized spacial score (nSPS) is 11.1. The summed E-state index contributed by atoms with van der Waals surface area (Å²) in [4.78, 5) is 21.2. The van der Waals surface area contributed by atoms with Crippen LogP contribution in [0, 0.1) is 10.1 Å².